The largest absolute Gasteiger partial charge is 0.494 e. The van der Waals surface area contributed by atoms with Crippen molar-refractivity contribution in [1.29, 1.82) is 0 Å². The average Bonchev–Trinajstić information content (AvgIpc) is 2.58. The van der Waals surface area contributed by atoms with Gasteiger partial charge in [-0.15, -0.1) is 0 Å². The van der Waals surface area contributed by atoms with Crippen molar-refractivity contribution in [3.63, 3.8) is 0 Å². The van der Waals surface area contributed by atoms with Crippen LogP contribution in [0.2, 0.25) is 0 Å². The number of carbonyl (C=O) groups is 2. The van der Waals surface area contributed by atoms with Crippen molar-refractivity contribution in [3.8, 4) is 5.75 Å². The lowest BCUT2D eigenvalue weighted by atomic mass is 10.0. The number of benzene rings is 1. The first-order valence-electron chi connectivity index (χ1n) is 7.74. The summed E-state index contributed by atoms with van der Waals surface area (Å²) in [5.41, 5.74) is 9.64. The number of nitrogens with zero attached hydrogens (tertiary/aromatic N) is 1. The van der Waals surface area contributed by atoms with Crippen LogP contribution in [-0.2, 0) is 9.59 Å². The zero-order valence-electron chi connectivity index (χ0n) is 13.0. The lowest BCUT2D eigenvalue weighted by Crippen LogP contribution is -2.29. The Kier molecular flexibility index (Phi) is 6.56. The van der Waals surface area contributed by atoms with E-state index in [0.717, 1.165) is 17.0 Å². The van der Waals surface area contributed by atoms with Gasteiger partial charge < -0.3 is 15.8 Å². The molecule has 7 heteroatoms. The Morgan fingerprint density at radius 3 is 2.74 bits per heavy atom. The number of ether oxygens (including phenoxy) is 1. The van der Waals surface area contributed by atoms with E-state index in [0.29, 0.717) is 45.4 Å². The van der Waals surface area contributed by atoms with Crippen LogP contribution in [0.5, 0.6) is 5.75 Å². The van der Waals surface area contributed by atoms with E-state index in [1.165, 1.54) is 0 Å². The van der Waals surface area contributed by atoms with Gasteiger partial charge in [-0.1, -0.05) is 0 Å². The first-order valence-corrected chi connectivity index (χ1v) is 7.74. The molecular formula is C16H22N4O3. The molecule has 0 fully saturated rings. The van der Waals surface area contributed by atoms with Crippen LogP contribution in [-0.4, -0.2) is 37.2 Å². The van der Waals surface area contributed by atoms with Crippen LogP contribution in [0, 0.1) is 0 Å². The minimum Gasteiger partial charge on any atom is -0.494 e. The van der Waals surface area contributed by atoms with E-state index >= 15 is 0 Å². The summed E-state index contributed by atoms with van der Waals surface area (Å²) in [5.74, 6) is 0.688. The van der Waals surface area contributed by atoms with Crippen molar-refractivity contribution in [2.24, 2.45) is 10.8 Å². The molecule has 0 aromatic heterocycles. The Morgan fingerprint density at radius 1 is 1.30 bits per heavy atom. The molecule has 1 aromatic rings. The van der Waals surface area contributed by atoms with E-state index < -0.39 is 0 Å². The first-order chi connectivity index (χ1) is 11.2. The number of nitrogens with one attached hydrogen (secondary N) is 2. The molecule has 1 aromatic carbocycles. The van der Waals surface area contributed by atoms with Gasteiger partial charge in [0.2, 0.25) is 11.8 Å². The molecule has 124 valence electrons. The third kappa shape index (κ3) is 5.71. The van der Waals surface area contributed by atoms with Gasteiger partial charge in [-0.2, -0.15) is 5.10 Å². The maximum absolute atomic E-state index is 11.4. The lowest BCUT2D eigenvalue weighted by Gasteiger charge is -2.12. The predicted octanol–water partition coefficient (Wildman–Crippen LogP) is 0.535. The number of rotatable bonds is 8. The fourth-order valence-corrected chi connectivity index (χ4v) is 2.15. The topological polar surface area (TPSA) is 106 Å². The van der Waals surface area contributed by atoms with E-state index in [4.69, 9.17) is 10.5 Å². The zero-order chi connectivity index (χ0) is 16.5. The molecule has 2 amide bonds. The van der Waals surface area contributed by atoms with Crippen molar-refractivity contribution in [3.05, 3.63) is 29.8 Å². The minimum absolute atomic E-state index is 0.00763. The first kappa shape index (κ1) is 17.0. The molecule has 0 atom stereocenters. The summed E-state index contributed by atoms with van der Waals surface area (Å²) in [6.45, 7) is 1.43. The predicted molar refractivity (Wildman–Crippen MR) is 87.1 cm³/mol. The van der Waals surface area contributed by atoms with Crippen LogP contribution >= 0.6 is 0 Å². The summed E-state index contributed by atoms with van der Waals surface area (Å²) in [7, 11) is 0. The van der Waals surface area contributed by atoms with Crippen LogP contribution in [0.4, 0.5) is 0 Å². The summed E-state index contributed by atoms with van der Waals surface area (Å²) in [4.78, 5) is 22.5. The lowest BCUT2D eigenvalue weighted by molar-refractivity contribution is -0.122. The van der Waals surface area contributed by atoms with Gasteiger partial charge in [0, 0.05) is 32.4 Å². The summed E-state index contributed by atoms with van der Waals surface area (Å²) < 4.78 is 5.61. The Labute approximate surface area is 135 Å². The van der Waals surface area contributed by atoms with Gasteiger partial charge in [0.25, 0.3) is 0 Å². The minimum atomic E-state index is -0.0517. The van der Waals surface area contributed by atoms with E-state index in [1.54, 1.807) is 0 Å². The van der Waals surface area contributed by atoms with E-state index in [1.807, 2.05) is 24.3 Å². The molecule has 0 unspecified atom stereocenters. The number of hydrogen-bond acceptors (Lipinski definition) is 5. The number of amides is 2. The van der Waals surface area contributed by atoms with Crippen molar-refractivity contribution in [2.45, 2.75) is 25.7 Å². The maximum atomic E-state index is 11.4. The molecular weight excluding hydrogens is 296 g/mol. The molecule has 4 N–H and O–H groups in total. The Balaban J connectivity index is 1.73. The van der Waals surface area contributed by atoms with Crippen molar-refractivity contribution < 1.29 is 14.3 Å². The van der Waals surface area contributed by atoms with Gasteiger partial charge in [0.05, 0.1) is 12.3 Å². The highest BCUT2D eigenvalue weighted by atomic mass is 16.5. The van der Waals surface area contributed by atoms with Gasteiger partial charge in [-0.3, -0.25) is 9.59 Å². The Morgan fingerprint density at radius 2 is 2.09 bits per heavy atom. The maximum Gasteiger partial charge on any atom is 0.240 e. The van der Waals surface area contributed by atoms with Crippen molar-refractivity contribution in [2.75, 3.05) is 19.7 Å². The number of carbonyl (C=O) groups excluding carboxylic acids is 2. The van der Waals surface area contributed by atoms with Crippen molar-refractivity contribution in [1.82, 2.24) is 10.7 Å². The van der Waals surface area contributed by atoms with Crippen LogP contribution in [0.15, 0.2) is 29.4 Å². The zero-order valence-corrected chi connectivity index (χ0v) is 13.0. The number of hydrogen-bond donors (Lipinski definition) is 3. The molecule has 0 saturated heterocycles. The normalized spacial score (nSPS) is 14.0. The SMILES string of the molecule is NCCNC(=O)CCCOc1ccc(C2=NNC(=O)CC2)cc1. The van der Waals surface area contributed by atoms with Crippen LogP contribution in [0.25, 0.3) is 0 Å². The second-order valence-corrected chi connectivity index (χ2v) is 5.21. The van der Waals surface area contributed by atoms with Crippen LogP contribution < -0.4 is 21.2 Å². The molecule has 7 nitrogen and oxygen atoms in total. The number of nitrogens with two attached hydrogens (primary N) is 1. The molecule has 1 heterocycles. The Bertz CT molecular complexity index is 569. The van der Waals surface area contributed by atoms with Gasteiger partial charge >= 0.3 is 0 Å². The highest BCUT2D eigenvalue weighted by Crippen LogP contribution is 2.16. The van der Waals surface area contributed by atoms with Crippen LogP contribution in [0.1, 0.15) is 31.2 Å². The summed E-state index contributed by atoms with van der Waals surface area (Å²) in [5, 5.41) is 6.77. The summed E-state index contributed by atoms with van der Waals surface area (Å²) >= 11 is 0. The van der Waals surface area contributed by atoms with Crippen molar-refractivity contribution >= 4 is 17.5 Å². The molecule has 0 saturated carbocycles. The van der Waals surface area contributed by atoms with Gasteiger partial charge in [0.1, 0.15) is 5.75 Å². The summed E-state index contributed by atoms with van der Waals surface area (Å²) in [6, 6.07) is 7.56. The van der Waals surface area contributed by atoms with Gasteiger partial charge in [-0.05, 0) is 36.2 Å². The van der Waals surface area contributed by atoms with E-state index in [-0.39, 0.29) is 11.8 Å². The monoisotopic (exact) mass is 318 g/mol. The second kappa shape index (κ2) is 8.89. The molecule has 1 aliphatic rings. The highest BCUT2D eigenvalue weighted by Gasteiger charge is 2.13. The second-order valence-electron chi connectivity index (χ2n) is 5.21. The molecule has 23 heavy (non-hydrogen) atoms. The molecule has 0 aliphatic carbocycles. The van der Waals surface area contributed by atoms with Gasteiger partial charge in [-0.25, -0.2) is 5.43 Å². The number of hydrazone groups is 1. The molecule has 0 bridgehead atoms. The van der Waals surface area contributed by atoms with E-state index in [9.17, 15) is 9.59 Å². The third-order valence-electron chi connectivity index (χ3n) is 3.38. The summed E-state index contributed by atoms with van der Waals surface area (Å²) in [6.07, 6.45) is 2.18. The fraction of sp³-hybridized carbons (Fsp3) is 0.438. The quantitative estimate of drug-likeness (QED) is 0.608. The van der Waals surface area contributed by atoms with Gasteiger partial charge in [0.15, 0.2) is 0 Å². The molecule has 1 aliphatic heterocycles. The standard InChI is InChI=1S/C16H22N4O3/c17-9-10-18-15(21)2-1-11-23-13-5-3-12(4-6-13)14-7-8-16(22)20-19-14/h3-6H,1-2,7-11,17H2,(H,18,21)(H,20,22). The van der Waals surface area contributed by atoms with Crippen LogP contribution in [0.3, 0.4) is 0 Å². The fourth-order valence-electron chi connectivity index (χ4n) is 2.15. The third-order valence-corrected chi connectivity index (χ3v) is 3.38. The highest BCUT2D eigenvalue weighted by molar-refractivity contribution is 6.04. The molecule has 2 rings (SSSR count). The average molecular weight is 318 g/mol. The molecule has 0 spiro atoms. The smallest absolute Gasteiger partial charge is 0.240 e. The van der Waals surface area contributed by atoms with E-state index in [2.05, 4.69) is 15.8 Å². The molecule has 0 radical (unpaired) electrons. The Hall–Kier alpha value is -2.41.